The summed E-state index contributed by atoms with van der Waals surface area (Å²) < 4.78 is 11.0. The van der Waals surface area contributed by atoms with Crippen LogP contribution in [-0.2, 0) is 11.2 Å². The Hall–Kier alpha value is -2.73. The lowest BCUT2D eigenvalue weighted by atomic mass is 9.75. The second kappa shape index (κ2) is 7.48. The van der Waals surface area contributed by atoms with E-state index in [9.17, 15) is 15.0 Å². The zero-order chi connectivity index (χ0) is 18.8. The van der Waals surface area contributed by atoms with Gasteiger partial charge in [-0.25, -0.2) is 0 Å². The SMILES string of the molecule is O=C(COc1ccccc1O)N[C@H](c1ccc2c(c1)CCO2)C1CC(O)C1. The van der Waals surface area contributed by atoms with Crippen molar-refractivity contribution >= 4 is 5.91 Å². The molecular formula is C21H23NO5. The quantitative estimate of drug-likeness (QED) is 0.727. The van der Waals surface area contributed by atoms with Crippen LogP contribution in [0.15, 0.2) is 42.5 Å². The van der Waals surface area contributed by atoms with Crippen LogP contribution in [0.2, 0.25) is 0 Å². The molecule has 1 saturated carbocycles. The van der Waals surface area contributed by atoms with Gasteiger partial charge >= 0.3 is 0 Å². The number of phenols is 1. The molecule has 2 aromatic carbocycles. The van der Waals surface area contributed by atoms with Gasteiger partial charge in [-0.3, -0.25) is 4.79 Å². The van der Waals surface area contributed by atoms with Gasteiger partial charge in [0.25, 0.3) is 5.91 Å². The van der Waals surface area contributed by atoms with E-state index in [1.54, 1.807) is 18.2 Å². The minimum Gasteiger partial charge on any atom is -0.504 e. The Morgan fingerprint density at radius 3 is 2.85 bits per heavy atom. The maximum absolute atomic E-state index is 12.5. The molecule has 1 fully saturated rings. The van der Waals surface area contributed by atoms with Gasteiger partial charge in [0, 0.05) is 6.42 Å². The fourth-order valence-corrected chi connectivity index (χ4v) is 3.71. The van der Waals surface area contributed by atoms with Gasteiger partial charge in [-0.15, -0.1) is 0 Å². The number of carbonyl (C=O) groups is 1. The van der Waals surface area contributed by atoms with Crippen LogP contribution in [0.1, 0.15) is 30.0 Å². The molecule has 1 amide bonds. The van der Waals surface area contributed by atoms with Crippen LogP contribution in [0.4, 0.5) is 0 Å². The monoisotopic (exact) mass is 369 g/mol. The maximum Gasteiger partial charge on any atom is 0.258 e. The number of hydrogen-bond donors (Lipinski definition) is 3. The second-order valence-corrected chi connectivity index (χ2v) is 7.15. The summed E-state index contributed by atoms with van der Waals surface area (Å²) in [6, 6.07) is 12.4. The van der Waals surface area contributed by atoms with E-state index in [-0.39, 0.29) is 42.1 Å². The lowest BCUT2D eigenvalue weighted by molar-refractivity contribution is -0.125. The molecule has 0 saturated heterocycles. The predicted octanol–water partition coefficient (Wildman–Crippen LogP) is 2.33. The number of aliphatic hydroxyl groups is 1. The van der Waals surface area contributed by atoms with Crippen LogP contribution in [-0.4, -0.2) is 35.4 Å². The van der Waals surface area contributed by atoms with Crippen molar-refractivity contribution in [3.05, 3.63) is 53.6 Å². The summed E-state index contributed by atoms with van der Waals surface area (Å²) in [5.41, 5.74) is 2.17. The first-order chi connectivity index (χ1) is 13.1. The first-order valence-corrected chi connectivity index (χ1v) is 9.24. The molecule has 0 spiro atoms. The Labute approximate surface area is 157 Å². The molecule has 2 aliphatic rings. The maximum atomic E-state index is 12.5. The van der Waals surface area contributed by atoms with E-state index < -0.39 is 0 Å². The summed E-state index contributed by atoms with van der Waals surface area (Å²) >= 11 is 0. The fraction of sp³-hybridized carbons (Fsp3) is 0.381. The molecule has 1 heterocycles. The van der Waals surface area contributed by atoms with Gasteiger partial charge in [-0.2, -0.15) is 0 Å². The first-order valence-electron chi connectivity index (χ1n) is 9.24. The van der Waals surface area contributed by atoms with Crippen LogP contribution in [0.25, 0.3) is 0 Å². The minimum absolute atomic E-state index is 0.00240. The Morgan fingerprint density at radius 2 is 2.07 bits per heavy atom. The van der Waals surface area contributed by atoms with E-state index in [0.29, 0.717) is 19.4 Å². The number of rotatable bonds is 6. The molecular weight excluding hydrogens is 346 g/mol. The largest absolute Gasteiger partial charge is 0.504 e. The van der Waals surface area contributed by atoms with Crippen LogP contribution in [0.3, 0.4) is 0 Å². The molecule has 6 nitrogen and oxygen atoms in total. The van der Waals surface area contributed by atoms with Crippen molar-refractivity contribution in [1.29, 1.82) is 0 Å². The average Bonchev–Trinajstić information content (AvgIpc) is 3.11. The highest BCUT2D eigenvalue weighted by Gasteiger charge is 2.36. The molecule has 3 N–H and O–H groups in total. The molecule has 0 radical (unpaired) electrons. The van der Waals surface area contributed by atoms with Crippen molar-refractivity contribution in [1.82, 2.24) is 5.32 Å². The molecule has 2 aromatic rings. The number of para-hydroxylation sites is 2. The Morgan fingerprint density at radius 1 is 1.26 bits per heavy atom. The molecule has 27 heavy (non-hydrogen) atoms. The third-order valence-electron chi connectivity index (χ3n) is 5.23. The predicted molar refractivity (Wildman–Crippen MR) is 98.9 cm³/mol. The van der Waals surface area contributed by atoms with E-state index in [1.165, 1.54) is 6.07 Å². The van der Waals surface area contributed by atoms with Crippen LogP contribution in [0.5, 0.6) is 17.2 Å². The number of nitrogens with one attached hydrogen (secondary N) is 1. The van der Waals surface area contributed by atoms with E-state index in [0.717, 1.165) is 23.3 Å². The number of carbonyl (C=O) groups excluding carboxylic acids is 1. The van der Waals surface area contributed by atoms with Crippen molar-refractivity contribution in [3.8, 4) is 17.2 Å². The second-order valence-electron chi connectivity index (χ2n) is 7.15. The molecule has 1 aliphatic heterocycles. The van der Waals surface area contributed by atoms with Crippen molar-refractivity contribution in [2.75, 3.05) is 13.2 Å². The number of amides is 1. The fourth-order valence-electron chi connectivity index (χ4n) is 3.71. The van der Waals surface area contributed by atoms with Crippen molar-refractivity contribution in [3.63, 3.8) is 0 Å². The van der Waals surface area contributed by atoms with Crippen molar-refractivity contribution in [2.45, 2.75) is 31.4 Å². The zero-order valence-electron chi connectivity index (χ0n) is 14.9. The topological polar surface area (TPSA) is 88.0 Å². The molecule has 0 bridgehead atoms. The molecule has 0 unspecified atom stereocenters. The summed E-state index contributed by atoms with van der Waals surface area (Å²) in [7, 11) is 0. The molecule has 142 valence electrons. The lowest BCUT2D eigenvalue weighted by Gasteiger charge is -2.38. The summed E-state index contributed by atoms with van der Waals surface area (Å²) in [5.74, 6) is 1.11. The third kappa shape index (κ3) is 3.85. The van der Waals surface area contributed by atoms with Gasteiger partial charge in [0.1, 0.15) is 5.75 Å². The minimum atomic E-state index is -0.301. The highest BCUT2D eigenvalue weighted by atomic mass is 16.5. The van der Waals surface area contributed by atoms with E-state index >= 15 is 0 Å². The normalized spacial score (nSPS) is 21.5. The number of hydrogen-bond acceptors (Lipinski definition) is 5. The smallest absolute Gasteiger partial charge is 0.258 e. The van der Waals surface area contributed by atoms with Crippen molar-refractivity contribution in [2.24, 2.45) is 5.92 Å². The lowest BCUT2D eigenvalue weighted by Crippen LogP contribution is -2.42. The number of benzene rings is 2. The molecule has 0 aromatic heterocycles. The number of aromatic hydroxyl groups is 1. The van der Waals surface area contributed by atoms with Crippen LogP contribution >= 0.6 is 0 Å². The molecule has 1 atom stereocenters. The Balaban J connectivity index is 1.45. The third-order valence-corrected chi connectivity index (χ3v) is 5.23. The summed E-state index contributed by atoms with van der Waals surface area (Å²) in [6.07, 6.45) is 1.90. The van der Waals surface area contributed by atoms with Gasteiger partial charge in [0.15, 0.2) is 18.1 Å². The standard InChI is InChI=1S/C21H23NO5/c23-16-10-15(11-16)21(14-5-6-18-13(9-14)7-8-26-18)22-20(25)12-27-19-4-2-1-3-17(19)24/h1-6,9,15-16,21,23-24H,7-8,10-12H2,(H,22,25)/t15?,16?,21-/m1/s1. The Kier molecular flexibility index (Phi) is 4.90. The van der Waals surface area contributed by atoms with Gasteiger partial charge in [0.2, 0.25) is 0 Å². The number of fused-ring (bicyclic) bond motifs is 1. The highest BCUT2D eigenvalue weighted by Crippen LogP contribution is 2.39. The van der Waals surface area contributed by atoms with E-state index in [1.807, 2.05) is 12.1 Å². The highest BCUT2D eigenvalue weighted by molar-refractivity contribution is 5.78. The van der Waals surface area contributed by atoms with E-state index in [2.05, 4.69) is 11.4 Å². The summed E-state index contributed by atoms with van der Waals surface area (Å²) in [4.78, 5) is 12.5. The van der Waals surface area contributed by atoms with Gasteiger partial charge in [-0.05, 0) is 54.2 Å². The van der Waals surface area contributed by atoms with Gasteiger partial charge in [-0.1, -0.05) is 18.2 Å². The summed E-state index contributed by atoms with van der Waals surface area (Å²) in [6.45, 7) is 0.504. The number of aliphatic hydroxyl groups excluding tert-OH is 1. The first kappa shape index (κ1) is 17.7. The molecule has 1 aliphatic carbocycles. The van der Waals surface area contributed by atoms with Crippen molar-refractivity contribution < 1.29 is 24.5 Å². The zero-order valence-corrected chi connectivity index (χ0v) is 14.9. The summed E-state index contributed by atoms with van der Waals surface area (Å²) in [5, 5.41) is 22.5. The Bertz CT molecular complexity index is 831. The van der Waals surface area contributed by atoms with Crippen LogP contribution in [0, 0.1) is 5.92 Å². The number of phenolic OH excluding ortho intramolecular Hbond substituents is 1. The molecule has 6 heteroatoms. The van der Waals surface area contributed by atoms with Gasteiger partial charge in [0.05, 0.1) is 18.8 Å². The van der Waals surface area contributed by atoms with Crippen LogP contribution < -0.4 is 14.8 Å². The van der Waals surface area contributed by atoms with E-state index in [4.69, 9.17) is 9.47 Å². The number of ether oxygens (including phenoxy) is 2. The van der Waals surface area contributed by atoms with Gasteiger partial charge < -0.3 is 25.0 Å². The molecule has 4 rings (SSSR count). The average molecular weight is 369 g/mol.